The number of ether oxygens (including phenoxy) is 2. The van der Waals surface area contributed by atoms with Gasteiger partial charge in [-0.25, -0.2) is 4.79 Å². The molecule has 0 saturated carbocycles. The van der Waals surface area contributed by atoms with Gasteiger partial charge >= 0.3 is 5.97 Å². The van der Waals surface area contributed by atoms with Crippen LogP contribution in [0.5, 0.6) is 5.75 Å². The van der Waals surface area contributed by atoms with Crippen LogP contribution in [0, 0.1) is 0 Å². The summed E-state index contributed by atoms with van der Waals surface area (Å²) in [5, 5.41) is 3.32. The summed E-state index contributed by atoms with van der Waals surface area (Å²) in [6.45, 7) is 1.70. The summed E-state index contributed by atoms with van der Waals surface area (Å²) in [6, 6.07) is 4.80. The first-order valence-electron chi connectivity index (χ1n) is 6.54. The quantitative estimate of drug-likeness (QED) is 0.842. The molecule has 1 aromatic rings. The van der Waals surface area contributed by atoms with Crippen LogP contribution < -0.4 is 10.1 Å². The Morgan fingerprint density at radius 3 is 2.90 bits per heavy atom. The number of esters is 1. The minimum atomic E-state index is -0.821. The van der Waals surface area contributed by atoms with E-state index in [2.05, 4.69) is 5.32 Å². The van der Waals surface area contributed by atoms with Gasteiger partial charge in [0.2, 0.25) is 5.91 Å². The summed E-state index contributed by atoms with van der Waals surface area (Å²) in [5.74, 6) is -0.221. The Bertz CT molecular complexity index is 550. The van der Waals surface area contributed by atoms with Gasteiger partial charge in [-0.15, -0.1) is 0 Å². The van der Waals surface area contributed by atoms with Gasteiger partial charge in [0.25, 0.3) is 0 Å². The number of carbonyl (C=O) groups excluding carboxylic acids is 2. The fourth-order valence-electron chi connectivity index (χ4n) is 1.92. The van der Waals surface area contributed by atoms with Gasteiger partial charge in [0.1, 0.15) is 17.4 Å². The molecule has 0 spiro atoms. The zero-order valence-electron chi connectivity index (χ0n) is 11.4. The molecule has 1 amide bonds. The maximum absolute atomic E-state index is 11.8. The third-order valence-electron chi connectivity index (χ3n) is 3.06. The van der Waals surface area contributed by atoms with Gasteiger partial charge in [0, 0.05) is 6.42 Å². The molecule has 1 fully saturated rings. The van der Waals surface area contributed by atoms with Crippen LogP contribution in [0.25, 0.3) is 0 Å². The third-order valence-corrected chi connectivity index (χ3v) is 3.87. The van der Waals surface area contributed by atoms with Crippen molar-refractivity contribution in [3.8, 4) is 5.75 Å². The van der Waals surface area contributed by atoms with Crippen molar-refractivity contribution in [3.63, 3.8) is 0 Å². The van der Waals surface area contributed by atoms with Crippen LogP contribution in [-0.4, -0.2) is 30.6 Å². The van der Waals surface area contributed by atoms with E-state index in [0.717, 1.165) is 0 Å². The molecule has 1 aliphatic heterocycles. The van der Waals surface area contributed by atoms with Crippen LogP contribution in [0.4, 0.5) is 0 Å². The van der Waals surface area contributed by atoms with Crippen LogP contribution in [0.2, 0.25) is 10.0 Å². The van der Waals surface area contributed by atoms with E-state index >= 15 is 0 Å². The number of hydrogen-bond acceptors (Lipinski definition) is 4. The van der Waals surface area contributed by atoms with E-state index in [0.29, 0.717) is 23.6 Å². The van der Waals surface area contributed by atoms with Gasteiger partial charge in [-0.05, 0) is 25.5 Å². The summed E-state index contributed by atoms with van der Waals surface area (Å²) >= 11 is 11.9. The summed E-state index contributed by atoms with van der Waals surface area (Å²) in [5.41, 5.74) is 0. The van der Waals surface area contributed by atoms with E-state index in [9.17, 15) is 9.59 Å². The monoisotopic (exact) mass is 331 g/mol. The Hall–Kier alpha value is -1.46. The fourth-order valence-corrected chi connectivity index (χ4v) is 2.25. The van der Waals surface area contributed by atoms with E-state index in [4.69, 9.17) is 32.7 Å². The molecule has 2 atom stereocenters. The maximum atomic E-state index is 11.8. The predicted octanol–water partition coefficient (Wildman–Crippen LogP) is 2.58. The van der Waals surface area contributed by atoms with E-state index in [-0.39, 0.29) is 23.6 Å². The highest BCUT2D eigenvalue weighted by molar-refractivity contribution is 6.42. The average molecular weight is 332 g/mol. The van der Waals surface area contributed by atoms with Crippen molar-refractivity contribution in [2.75, 3.05) is 6.61 Å². The van der Waals surface area contributed by atoms with Gasteiger partial charge in [-0.3, -0.25) is 4.79 Å². The molecule has 0 bridgehead atoms. The number of hydrogen-bond donors (Lipinski definition) is 1. The number of amides is 1. The standard InChI is InChI=1S/C14H15Cl2NO4/c1-8(21-11-4-2-3-10(15)13(11)16)14(19)20-7-9-5-6-12(18)17-9/h2-4,8-9H,5-7H2,1H3,(H,17,18). The van der Waals surface area contributed by atoms with Crippen LogP contribution in [0.3, 0.4) is 0 Å². The van der Waals surface area contributed by atoms with Crippen molar-refractivity contribution in [1.29, 1.82) is 0 Å². The topological polar surface area (TPSA) is 64.6 Å². The van der Waals surface area contributed by atoms with Crippen molar-refractivity contribution in [2.24, 2.45) is 0 Å². The van der Waals surface area contributed by atoms with Crippen LogP contribution in [-0.2, 0) is 14.3 Å². The number of halogens is 2. The lowest BCUT2D eigenvalue weighted by molar-refractivity contribution is -0.151. The van der Waals surface area contributed by atoms with Crippen molar-refractivity contribution >= 4 is 35.1 Å². The predicted molar refractivity (Wildman–Crippen MR) is 78.7 cm³/mol. The normalized spacial score (nSPS) is 19.0. The zero-order valence-corrected chi connectivity index (χ0v) is 12.9. The van der Waals surface area contributed by atoms with Gasteiger partial charge < -0.3 is 14.8 Å². The first-order valence-corrected chi connectivity index (χ1v) is 7.29. The molecule has 2 rings (SSSR count). The first kappa shape index (κ1) is 15.9. The van der Waals surface area contributed by atoms with Crippen molar-refractivity contribution in [2.45, 2.75) is 31.9 Å². The summed E-state index contributed by atoms with van der Waals surface area (Å²) in [6.07, 6.45) is 0.312. The Morgan fingerprint density at radius 1 is 1.48 bits per heavy atom. The molecule has 0 radical (unpaired) electrons. The number of nitrogens with one attached hydrogen (secondary N) is 1. The highest BCUT2D eigenvalue weighted by Crippen LogP contribution is 2.32. The molecule has 5 nitrogen and oxygen atoms in total. The van der Waals surface area contributed by atoms with E-state index < -0.39 is 12.1 Å². The molecule has 0 aliphatic carbocycles. The molecule has 0 aromatic heterocycles. The Kier molecular flexibility index (Phi) is 5.31. The van der Waals surface area contributed by atoms with E-state index in [1.54, 1.807) is 25.1 Å². The molecule has 1 saturated heterocycles. The minimum Gasteiger partial charge on any atom is -0.477 e. The lowest BCUT2D eigenvalue weighted by atomic mass is 10.2. The van der Waals surface area contributed by atoms with Crippen LogP contribution in [0.1, 0.15) is 19.8 Å². The van der Waals surface area contributed by atoms with Gasteiger partial charge in [0.05, 0.1) is 11.1 Å². The molecule has 1 aliphatic rings. The largest absolute Gasteiger partial charge is 0.477 e. The molecular weight excluding hydrogens is 317 g/mol. The van der Waals surface area contributed by atoms with Gasteiger partial charge in [-0.1, -0.05) is 29.3 Å². The summed E-state index contributed by atoms with van der Waals surface area (Å²) < 4.78 is 10.6. The van der Waals surface area contributed by atoms with Gasteiger partial charge in [-0.2, -0.15) is 0 Å². The Balaban J connectivity index is 1.85. The minimum absolute atomic E-state index is 0.0222. The number of carbonyl (C=O) groups is 2. The second kappa shape index (κ2) is 7.00. The van der Waals surface area contributed by atoms with Crippen molar-refractivity contribution in [3.05, 3.63) is 28.2 Å². The van der Waals surface area contributed by atoms with Crippen molar-refractivity contribution < 1.29 is 19.1 Å². The second-order valence-electron chi connectivity index (χ2n) is 4.75. The molecule has 21 heavy (non-hydrogen) atoms. The summed E-state index contributed by atoms with van der Waals surface area (Å²) in [7, 11) is 0. The Labute approximate surface area is 132 Å². The SMILES string of the molecule is CC(Oc1cccc(Cl)c1Cl)C(=O)OCC1CCC(=O)N1. The lowest BCUT2D eigenvalue weighted by Crippen LogP contribution is -2.34. The van der Waals surface area contributed by atoms with Crippen LogP contribution >= 0.6 is 23.2 Å². The summed E-state index contributed by atoms with van der Waals surface area (Å²) in [4.78, 5) is 22.9. The molecular formula is C14H15Cl2NO4. The maximum Gasteiger partial charge on any atom is 0.347 e. The van der Waals surface area contributed by atoms with E-state index in [1.807, 2.05) is 0 Å². The molecule has 2 unspecified atom stereocenters. The molecule has 7 heteroatoms. The average Bonchev–Trinajstić information content (AvgIpc) is 2.87. The number of rotatable bonds is 5. The van der Waals surface area contributed by atoms with E-state index in [1.165, 1.54) is 0 Å². The van der Waals surface area contributed by atoms with Gasteiger partial charge in [0.15, 0.2) is 6.10 Å². The van der Waals surface area contributed by atoms with Crippen LogP contribution in [0.15, 0.2) is 18.2 Å². The Morgan fingerprint density at radius 2 is 2.24 bits per heavy atom. The molecule has 1 aromatic carbocycles. The number of benzene rings is 1. The van der Waals surface area contributed by atoms with Crippen molar-refractivity contribution in [1.82, 2.24) is 5.32 Å². The fraction of sp³-hybridized carbons (Fsp3) is 0.429. The second-order valence-corrected chi connectivity index (χ2v) is 5.53. The zero-order chi connectivity index (χ0) is 15.4. The third kappa shape index (κ3) is 4.25. The molecule has 1 heterocycles. The smallest absolute Gasteiger partial charge is 0.347 e. The molecule has 114 valence electrons. The first-order chi connectivity index (χ1) is 9.97. The molecule has 1 N–H and O–H groups in total. The highest BCUT2D eigenvalue weighted by atomic mass is 35.5. The highest BCUT2D eigenvalue weighted by Gasteiger charge is 2.24. The lowest BCUT2D eigenvalue weighted by Gasteiger charge is -2.17.